The Bertz CT molecular complexity index is 382. The molecule has 0 fully saturated rings. The number of hydrogen-bond donors (Lipinski definition) is 1. The molecule has 0 aliphatic rings. The van der Waals surface area contributed by atoms with Crippen molar-refractivity contribution < 1.29 is 32.2 Å². The van der Waals surface area contributed by atoms with Gasteiger partial charge in [0.2, 0.25) is 6.29 Å². The van der Waals surface area contributed by atoms with E-state index in [9.17, 15) is 22.4 Å². The lowest BCUT2D eigenvalue weighted by Crippen LogP contribution is -2.15. The maximum atomic E-state index is 13.0. The Kier molecular flexibility index (Phi) is 3.97. The molecule has 0 amide bonds. The van der Waals surface area contributed by atoms with Gasteiger partial charge in [-0.1, -0.05) is 0 Å². The predicted molar refractivity (Wildman–Crippen MR) is 43.1 cm³/mol. The Hall–Kier alpha value is -1.47. The first-order chi connectivity index (χ1) is 7.47. The standard InChI is InChI=1S/C9H6F4O3/c10-5-1-6(11)9(13)4(8(5)12)3-16-7(15)2-14/h1-2,7,15H,3H2. The fraction of sp³-hybridized carbons (Fsp3) is 0.222. The second-order valence-corrected chi connectivity index (χ2v) is 2.78. The molecule has 1 atom stereocenters. The van der Waals surface area contributed by atoms with Gasteiger partial charge in [-0.05, 0) is 0 Å². The van der Waals surface area contributed by atoms with Gasteiger partial charge in [0.25, 0.3) is 0 Å². The van der Waals surface area contributed by atoms with E-state index in [1.54, 1.807) is 0 Å². The predicted octanol–water partition coefficient (Wildman–Crippen LogP) is 1.28. The van der Waals surface area contributed by atoms with Gasteiger partial charge in [-0.25, -0.2) is 17.6 Å². The van der Waals surface area contributed by atoms with Crippen LogP contribution in [0.15, 0.2) is 6.07 Å². The van der Waals surface area contributed by atoms with Gasteiger partial charge in [-0.2, -0.15) is 0 Å². The highest BCUT2D eigenvalue weighted by atomic mass is 19.2. The summed E-state index contributed by atoms with van der Waals surface area (Å²) in [6.07, 6.45) is -1.96. The van der Waals surface area contributed by atoms with Crippen molar-refractivity contribution in [1.82, 2.24) is 0 Å². The molecule has 0 saturated carbocycles. The molecule has 1 aromatic rings. The van der Waals surface area contributed by atoms with E-state index in [4.69, 9.17) is 5.11 Å². The highest BCUT2D eigenvalue weighted by Crippen LogP contribution is 2.20. The number of aliphatic hydroxyl groups is 1. The van der Waals surface area contributed by atoms with Crippen LogP contribution in [0.5, 0.6) is 0 Å². The number of ether oxygens (including phenoxy) is 1. The first kappa shape index (κ1) is 12.6. The third-order valence-electron chi connectivity index (χ3n) is 1.72. The Morgan fingerprint density at radius 1 is 1.25 bits per heavy atom. The second kappa shape index (κ2) is 5.04. The average molecular weight is 238 g/mol. The molecule has 0 aliphatic heterocycles. The zero-order valence-electron chi connectivity index (χ0n) is 7.71. The Balaban J connectivity index is 2.98. The van der Waals surface area contributed by atoms with E-state index in [0.717, 1.165) is 0 Å². The normalized spacial score (nSPS) is 12.6. The minimum atomic E-state index is -1.91. The molecule has 0 aromatic heterocycles. The Morgan fingerprint density at radius 3 is 2.19 bits per heavy atom. The molecule has 1 rings (SSSR count). The summed E-state index contributed by atoms with van der Waals surface area (Å²) >= 11 is 0. The van der Waals surface area contributed by atoms with E-state index in [1.807, 2.05) is 0 Å². The topological polar surface area (TPSA) is 46.5 Å². The van der Waals surface area contributed by atoms with Crippen LogP contribution in [0.3, 0.4) is 0 Å². The van der Waals surface area contributed by atoms with Crippen molar-refractivity contribution in [3.05, 3.63) is 34.9 Å². The van der Waals surface area contributed by atoms with Gasteiger partial charge < -0.3 is 9.84 Å². The number of carbonyl (C=O) groups is 1. The van der Waals surface area contributed by atoms with E-state index in [-0.39, 0.29) is 12.4 Å². The molecule has 1 aromatic carbocycles. The molecule has 0 bridgehead atoms. The highest BCUT2D eigenvalue weighted by Gasteiger charge is 2.19. The van der Waals surface area contributed by atoms with Crippen LogP contribution in [0.1, 0.15) is 5.56 Å². The molecule has 3 nitrogen and oxygen atoms in total. The summed E-state index contributed by atoms with van der Waals surface area (Å²) in [6.45, 7) is -0.966. The van der Waals surface area contributed by atoms with Crippen molar-refractivity contribution in [2.24, 2.45) is 0 Å². The summed E-state index contributed by atoms with van der Waals surface area (Å²) < 4.78 is 55.5. The third-order valence-corrected chi connectivity index (χ3v) is 1.72. The zero-order valence-corrected chi connectivity index (χ0v) is 7.71. The van der Waals surface area contributed by atoms with Gasteiger partial charge in [0, 0.05) is 6.07 Å². The minimum absolute atomic E-state index is 0.0460. The summed E-state index contributed by atoms with van der Waals surface area (Å²) in [4.78, 5) is 9.92. The van der Waals surface area contributed by atoms with Gasteiger partial charge in [0.1, 0.15) is 0 Å². The number of halogens is 4. The molecule has 0 spiro atoms. The summed E-state index contributed by atoms with van der Waals surface area (Å²) in [5.74, 6) is -6.43. The molecular weight excluding hydrogens is 232 g/mol. The van der Waals surface area contributed by atoms with E-state index in [0.29, 0.717) is 0 Å². The van der Waals surface area contributed by atoms with E-state index in [1.165, 1.54) is 0 Å². The first-order valence-corrected chi connectivity index (χ1v) is 4.04. The Labute approximate surface area is 87.3 Å². The lowest BCUT2D eigenvalue weighted by atomic mass is 10.2. The van der Waals surface area contributed by atoms with E-state index in [2.05, 4.69) is 4.74 Å². The van der Waals surface area contributed by atoms with Gasteiger partial charge in [0.05, 0.1) is 12.2 Å². The summed E-state index contributed by atoms with van der Waals surface area (Å²) in [6, 6.07) is 0.0460. The number of carbonyl (C=O) groups excluding carboxylic acids is 1. The monoisotopic (exact) mass is 238 g/mol. The maximum Gasteiger partial charge on any atom is 0.212 e. The summed E-state index contributed by atoms with van der Waals surface area (Å²) in [5.41, 5.74) is -1.03. The lowest BCUT2D eigenvalue weighted by Gasteiger charge is -2.08. The van der Waals surface area contributed by atoms with Crippen molar-refractivity contribution in [3.8, 4) is 0 Å². The Morgan fingerprint density at radius 2 is 1.75 bits per heavy atom. The SMILES string of the molecule is O=CC(O)OCc1c(F)c(F)cc(F)c1F. The molecule has 88 valence electrons. The van der Waals surface area contributed by atoms with Crippen LogP contribution in [0.25, 0.3) is 0 Å². The second-order valence-electron chi connectivity index (χ2n) is 2.78. The van der Waals surface area contributed by atoms with Crippen LogP contribution in [0.2, 0.25) is 0 Å². The lowest BCUT2D eigenvalue weighted by molar-refractivity contribution is -0.145. The number of benzene rings is 1. The molecule has 1 unspecified atom stereocenters. The fourth-order valence-electron chi connectivity index (χ4n) is 0.957. The van der Waals surface area contributed by atoms with Crippen LogP contribution >= 0.6 is 0 Å². The van der Waals surface area contributed by atoms with Crippen LogP contribution in [-0.2, 0) is 16.1 Å². The number of aliphatic hydroxyl groups excluding tert-OH is 1. The van der Waals surface area contributed by atoms with Crippen molar-refractivity contribution >= 4 is 6.29 Å². The highest BCUT2D eigenvalue weighted by molar-refractivity contribution is 5.53. The van der Waals surface area contributed by atoms with Crippen LogP contribution < -0.4 is 0 Å². The first-order valence-electron chi connectivity index (χ1n) is 4.04. The largest absolute Gasteiger partial charge is 0.362 e. The van der Waals surface area contributed by atoms with Gasteiger partial charge in [-0.15, -0.1) is 0 Å². The van der Waals surface area contributed by atoms with Crippen LogP contribution in [0.4, 0.5) is 17.6 Å². The third kappa shape index (κ3) is 2.56. The molecular formula is C9H6F4O3. The number of hydrogen-bond acceptors (Lipinski definition) is 3. The molecule has 16 heavy (non-hydrogen) atoms. The van der Waals surface area contributed by atoms with Gasteiger partial charge in [0.15, 0.2) is 29.6 Å². The van der Waals surface area contributed by atoms with Crippen molar-refractivity contribution in [2.75, 3.05) is 0 Å². The van der Waals surface area contributed by atoms with E-state index >= 15 is 0 Å². The molecule has 0 radical (unpaired) electrons. The quantitative estimate of drug-likeness (QED) is 0.372. The van der Waals surface area contributed by atoms with Crippen LogP contribution in [0, 0.1) is 23.3 Å². The maximum absolute atomic E-state index is 13.0. The molecule has 7 heteroatoms. The van der Waals surface area contributed by atoms with Gasteiger partial charge in [-0.3, -0.25) is 4.79 Å². The van der Waals surface area contributed by atoms with E-state index < -0.39 is 41.7 Å². The summed E-state index contributed by atoms with van der Waals surface area (Å²) in [7, 11) is 0. The average Bonchev–Trinajstić information content (AvgIpc) is 2.26. The van der Waals surface area contributed by atoms with Crippen molar-refractivity contribution in [3.63, 3.8) is 0 Å². The number of aldehydes is 1. The summed E-state index contributed by atoms with van der Waals surface area (Å²) in [5, 5.41) is 8.62. The smallest absolute Gasteiger partial charge is 0.212 e. The van der Waals surface area contributed by atoms with Crippen molar-refractivity contribution in [1.29, 1.82) is 0 Å². The molecule has 1 N–H and O–H groups in total. The zero-order chi connectivity index (χ0) is 12.3. The number of rotatable bonds is 4. The fourth-order valence-corrected chi connectivity index (χ4v) is 0.957. The minimum Gasteiger partial charge on any atom is -0.362 e. The molecule has 0 aliphatic carbocycles. The molecule has 0 saturated heterocycles. The van der Waals surface area contributed by atoms with Crippen molar-refractivity contribution in [2.45, 2.75) is 12.9 Å². The van der Waals surface area contributed by atoms with Crippen LogP contribution in [-0.4, -0.2) is 17.7 Å². The van der Waals surface area contributed by atoms with Gasteiger partial charge >= 0.3 is 0 Å². The molecule has 0 heterocycles.